The van der Waals surface area contributed by atoms with Gasteiger partial charge in [-0.2, -0.15) is 4.31 Å². The quantitative estimate of drug-likeness (QED) is 0.732. The van der Waals surface area contributed by atoms with Crippen molar-refractivity contribution in [3.05, 3.63) is 51.7 Å². The first-order chi connectivity index (χ1) is 11.8. The molecule has 25 heavy (non-hydrogen) atoms. The number of hydrogen-bond acceptors (Lipinski definition) is 4. The van der Waals surface area contributed by atoms with Crippen LogP contribution in [0.15, 0.2) is 46.0 Å². The largest absolute Gasteiger partial charge is 0.319 e. The van der Waals surface area contributed by atoms with Crippen molar-refractivity contribution in [1.29, 1.82) is 0 Å². The molecule has 0 fully saturated rings. The number of carbonyl (C=O) groups is 1. The van der Waals surface area contributed by atoms with Gasteiger partial charge in [-0.05, 0) is 34.1 Å². The number of benzene rings is 1. The summed E-state index contributed by atoms with van der Waals surface area (Å²) >= 11 is 9.33. The molecule has 0 aliphatic rings. The Morgan fingerprint density at radius 1 is 1.28 bits per heavy atom. The third-order valence-corrected chi connectivity index (χ3v) is 6.81. The smallest absolute Gasteiger partial charge is 0.255 e. The highest BCUT2D eigenvalue weighted by Crippen LogP contribution is 2.29. The zero-order valence-corrected chi connectivity index (χ0v) is 16.8. The van der Waals surface area contributed by atoms with Crippen LogP contribution in [0.2, 0.25) is 5.02 Å². The molecule has 0 unspecified atom stereocenters. The Kier molecular flexibility index (Phi) is 6.56. The third kappa shape index (κ3) is 4.38. The molecule has 1 aromatic heterocycles. The van der Waals surface area contributed by atoms with Crippen molar-refractivity contribution in [3.8, 4) is 0 Å². The summed E-state index contributed by atoms with van der Waals surface area (Å²) in [5.74, 6) is -0.474. The molecule has 9 heteroatoms. The summed E-state index contributed by atoms with van der Waals surface area (Å²) in [5.41, 5.74) is 0.544. The minimum absolute atomic E-state index is 0.0716. The molecule has 0 aliphatic carbocycles. The molecule has 0 saturated heterocycles. The van der Waals surface area contributed by atoms with Gasteiger partial charge in [0.1, 0.15) is 0 Å². The van der Waals surface area contributed by atoms with Gasteiger partial charge in [-0.3, -0.25) is 9.78 Å². The fraction of sp³-hybridized carbons (Fsp3) is 0.250. The lowest BCUT2D eigenvalue weighted by atomic mass is 10.2. The fourth-order valence-corrected chi connectivity index (χ4v) is 4.19. The summed E-state index contributed by atoms with van der Waals surface area (Å²) in [6.07, 6.45) is 2.93. The molecule has 2 aromatic rings. The number of halogens is 2. The Hall–Kier alpha value is -1.48. The zero-order valence-electron chi connectivity index (χ0n) is 13.7. The minimum atomic E-state index is -3.64. The van der Waals surface area contributed by atoms with Crippen LogP contribution in [0.5, 0.6) is 0 Å². The Morgan fingerprint density at radius 3 is 2.60 bits per heavy atom. The molecule has 0 atom stereocenters. The molecular formula is C16H17BrClN3O3S. The predicted molar refractivity (Wildman–Crippen MR) is 101 cm³/mol. The molecule has 2 rings (SSSR count). The van der Waals surface area contributed by atoms with Crippen molar-refractivity contribution < 1.29 is 13.2 Å². The number of nitrogens with one attached hydrogen (secondary N) is 1. The summed E-state index contributed by atoms with van der Waals surface area (Å²) in [5, 5.41) is 2.95. The van der Waals surface area contributed by atoms with Crippen LogP contribution in [0, 0.1) is 0 Å². The zero-order chi connectivity index (χ0) is 18.6. The second-order valence-electron chi connectivity index (χ2n) is 5.05. The maximum Gasteiger partial charge on any atom is 0.255 e. The van der Waals surface area contributed by atoms with Gasteiger partial charge < -0.3 is 5.32 Å². The molecule has 0 bridgehead atoms. The highest BCUT2D eigenvalue weighted by Gasteiger charge is 2.22. The van der Waals surface area contributed by atoms with Gasteiger partial charge in [0, 0.05) is 24.8 Å². The monoisotopic (exact) mass is 445 g/mol. The molecule has 1 N–H and O–H groups in total. The first kappa shape index (κ1) is 19.8. The van der Waals surface area contributed by atoms with E-state index in [9.17, 15) is 13.2 Å². The summed E-state index contributed by atoms with van der Waals surface area (Å²) in [6, 6.07) is 5.89. The van der Waals surface area contributed by atoms with Crippen molar-refractivity contribution >= 4 is 49.1 Å². The Morgan fingerprint density at radius 2 is 1.96 bits per heavy atom. The van der Waals surface area contributed by atoms with E-state index in [4.69, 9.17) is 11.6 Å². The lowest BCUT2D eigenvalue weighted by Crippen LogP contribution is -2.30. The Balaban J connectivity index is 2.32. The van der Waals surface area contributed by atoms with Crippen molar-refractivity contribution in [3.63, 3.8) is 0 Å². The second-order valence-corrected chi connectivity index (χ2v) is 8.22. The first-order valence-corrected chi connectivity index (χ1v) is 10.1. The van der Waals surface area contributed by atoms with Gasteiger partial charge in [-0.15, -0.1) is 0 Å². The van der Waals surface area contributed by atoms with Gasteiger partial charge in [-0.25, -0.2) is 8.42 Å². The normalized spacial score (nSPS) is 11.6. The van der Waals surface area contributed by atoms with E-state index in [2.05, 4.69) is 26.2 Å². The summed E-state index contributed by atoms with van der Waals surface area (Å²) in [6.45, 7) is 4.24. The summed E-state index contributed by atoms with van der Waals surface area (Å²) in [4.78, 5) is 16.5. The summed E-state index contributed by atoms with van der Waals surface area (Å²) in [7, 11) is -3.64. The number of hydrogen-bond donors (Lipinski definition) is 1. The predicted octanol–water partition coefficient (Wildman–Crippen LogP) is 3.78. The molecule has 134 valence electrons. The Labute approximate surface area is 160 Å². The molecule has 0 saturated carbocycles. The van der Waals surface area contributed by atoms with E-state index in [-0.39, 0.29) is 10.5 Å². The maximum atomic E-state index is 12.6. The van der Waals surface area contributed by atoms with E-state index in [0.717, 1.165) is 0 Å². The van der Waals surface area contributed by atoms with Crippen molar-refractivity contribution in [2.24, 2.45) is 0 Å². The number of sulfonamides is 1. The van der Waals surface area contributed by atoms with Gasteiger partial charge in [0.2, 0.25) is 10.0 Å². The van der Waals surface area contributed by atoms with Crippen LogP contribution in [0.25, 0.3) is 0 Å². The van der Waals surface area contributed by atoms with E-state index in [1.165, 1.54) is 41.0 Å². The van der Waals surface area contributed by atoms with Gasteiger partial charge >= 0.3 is 0 Å². The second kappa shape index (κ2) is 8.27. The van der Waals surface area contributed by atoms with Crippen LogP contribution in [-0.4, -0.2) is 36.7 Å². The number of carbonyl (C=O) groups excluding carboxylic acids is 1. The molecule has 0 spiro atoms. The molecule has 1 amide bonds. The van der Waals surface area contributed by atoms with Gasteiger partial charge in [0.15, 0.2) is 0 Å². The van der Waals surface area contributed by atoms with Crippen LogP contribution in [0.1, 0.15) is 24.2 Å². The SMILES string of the molecule is CCN(CC)S(=O)(=O)c1cccc(C(=O)Nc2cncc(Br)c2Cl)c1. The number of nitrogens with zero attached hydrogens (tertiary/aromatic N) is 2. The number of amides is 1. The standard InChI is InChI=1S/C16H17BrClN3O3S/c1-3-21(4-2)25(23,24)12-7-5-6-11(8-12)16(22)20-14-10-19-9-13(17)15(14)18/h5-10H,3-4H2,1-2H3,(H,20,22). The molecule has 1 heterocycles. The minimum Gasteiger partial charge on any atom is -0.319 e. The number of pyridine rings is 1. The summed E-state index contributed by atoms with van der Waals surface area (Å²) < 4.78 is 27.0. The molecule has 0 aliphatic heterocycles. The van der Waals surface area contributed by atoms with Gasteiger partial charge in [-0.1, -0.05) is 31.5 Å². The van der Waals surface area contributed by atoms with Crippen molar-refractivity contribution in [2.75, 3.05) is 18.4 Å². The Bertz CT molecular complexity index is 886. The first-order valence-electron chi connectivity index (χ1n) is 7.51. The van der Waals surface area contributed by atoms with E-state index in [0.29, 0.717) is 28.3 Å². The van der Waals surface area contributed by atoms with E-state index in [1.807, 2.05) is 0 Å². The third-order valence-electron chi connectivity index (χ3n) is 3.53. The van der Waals surface area contributed by atoms with E-state index < -0.39 is 15.9 Å². The van der Waals surface area contributed by atoms with Crippen LogP contribution >= 0.6 is 27.5 Å². The number of aromatic nitrogens is 1. The highest BCUT2D eigenvalue weighted by atomic mass is 79.9. The molecule has 0 radical (unpaired) electrons. The topological polar surface area (TPSA) is 79.4 Å². The highest BCUT2D eigenvalue weighted by molar-refractivity contribution is 9.10. The number of rotatable bonds is 6. The fourth-order valence-electron chi connectivity index (χ4n) is 2.21. The number of anilines is 1. The average molecular weight is 447 g/mol. The van der Waals surface area contributed by atoms with E-state index >= 15 is 0 Å². The van der Waals surface area contributed by atoms with Gasteiger partial charge in [0.05, 0.1) is 26.3 Å². The molecule has 6 nitrogen and oxygen atoms in total. The maximum absolute atomic E-state index is 12.6. The molecular weight excluding hydrogens is 430 g/mol. The van der Waals surface area contributed by atoms with Crippen molar-refractivity contribution in [1.82, 2.24) is 9.29 Å². The van der Waals surface area contributed by atoms with Crippen molar-refractivity contribution in [2.45, 2.75) is 18.7 Å². The van der Waals surface area contributed by atoms with Crippen LogP contribution < -0.4 is 5.32 Å². The lowest BCUT2D eigenvalue weighted by Gasteiger charge is -2.18. The van der Waals surface area contributed by atoms with Crippen LogP contribution in [0.3, 0.4) is 0 Å². The lowest BCUT2D eigenvalue weighted by molar-refractivity contribution is 0.102. The van der Waals surface area contributed by atoms with Crippen LogP contribution in [-0.2, 0) is 10.0 Å². The van der Waals surface area contributed by atoms with E-state index in [1.54, 1.807) is 13.8 Å². The average Bonchev–Trinajstić information content (AvgIpc) is 2.60. The van der Waals surface area contributed by atoms with Crippen LogP contribution in [0.4, 0.5) is 5.69 Å². The van der Waals surface area contributed by atoms with Gasteiger partial charge in [0.25, 0.3) is 5.91 Å². The molecule has 1 aromatic carbocycles.